The van der Waals surface area contributed by atoms with Crippen LogP contribution in [0, 0.1) is 17.2 Å². The first kappa shape index (κ1) is 15.0. The predicted molar refractivity (Wildman–Crippen MR) is 73.9 cm³/mol. The van der Waals surface area contributed by atoms with Crippen LogP contribution in [-0.2, 0) is 0 Å². The SMILES string of the molecule is CSc1cccc(N2CCCC(C(F)(F)F)C2)c1C#N. The molecule has 1 unspecified atom stereocenters. The Bertz CT molecular complexity index is 522. The molecule has 0 aliphatic carbocycles. The highest BCUT2D eigenvalue weighted by Crippen LogP contribution is 2.37. The lowest BCUT2D eigenvalue weighted by atomic mass is 9.96. The number of hydrogen-bond acceptors (Lipinski definition) is 3. The number of hydrogen-bond donors (Lipinski definition) is 0. The second kappa shape index (κ2) is 5.96. The van der Waals surface area contributed by atoms with E-state index < -0.39 is 12.1 Å². The monoisotopic (exact) mass is 300 g/mol. The Balaban J connectivity index is 2.30. The van der Waals surface area contributed by atoms with Crippen molar-refractivity contribution in [3.63, 3.8) is 0 Å². The Labute approximate surface area is 120 Å². The van der Waals surface area contributed by atoms with Crippen molar-refractivity contribution >= 4 is 17.4 Å². The summed E-state index contributed by atoms with van der Waals surface area (Å²) in [7, 11) is 0. The van der Waals surface area contributed by atoms with Gasteiger partial charge in [0.25, 0.3) is 0 Å². The fourth-order valence-corrected chi connectivity index (χ4v) is 3.10. The summed E-state index contributed by atoms with van der Waals surface area (Å²) in [6.07, 6.45) is -1.64. The van der Waals surface area contributed by atoms with Crippen molar-refractivity contribution in [2.24, 2.45) is 5.92 Å². The molecule has 6 heteroatoms. The molecule has 0 amide bonds. The van der Waals surface area contributed by atoms with Crippen LogP contribution >= 0.6 is 11.8 Å². The van der Waals surface area contributed by atoms with Gasteiger partial charge in [-0.05, 0) is 31.2 Å². The van der Waals surface area contributed by atoms with Crippen LogP contribution in [0.1, 0.15) is 18.4 Å². The smallest absolute Gasteiger partial charge is 0.370 e. The van der Waals surface area contributed by atoms with Crippen molar-refractivity contribution in [3.05, 3.63) is 23.8 Å². The van der Waals surface area contributed by atoms with Crippen molar-refractivity contribution in [2.75, 3.05) is 24.2 Å². The van der Waals surface area contributed by atoms with Gasteiger partial charge in [-0.3, -0.25) is 0 Å². The van der Waals surface area contributed by atoms with Crippen molar-refractivity contribution in [1.29, 1.82) is 5.26 Å². The highest BCUT2D eigenvalue weighted by molar-refractivity contribution is 7.98. The van der Waals surface area contributed by atoms with E-state index in [0.29, 0.717) is 24.2 Å². The Hall–Kier alpha value is -1.35. The topological polar surface area (TPSA) is 27.0 Å². The quantitative estimate of drug-likeness (QED) is 0.771. The Morgan fingerprint density at radius 1 is 1.40 bits per heavy atom. The molecule has 1 aromatic carbocycles. The second-order valence-electron chi connectivity index (χ2n) is 4.79. The molecular weight excluding hydrogens is 285 g/mol. The molecule has 20 heavy (non-hydrogen) atoms. The maximum Gasteiger partial charge on any atom is 0.393 e. The van der Waals surface area contributed by atoms with Crippen molar-refractivity contribution in [2.45, 2.75) is 23.9 Å². The average Bonchev–Trinajstić information content (AvgIpc) is 2.45. The summed E-state index contributed by atoms with van der Waals surface area (Å²) in [5.74, 6) is -1.30. The van der Waals surface area contributed by atoms with E-state index in [1.807, 2.05) is 12.3 Å². The summed E-state index contributed by atoms with van der Waals surface area (Å²) in [6.45, 7) is 0.509. The number of anilines is 1. The molecule has 0 bridgehead atoms. The molecule has 0 saturated carbocycles. The molecule has 2 nitrogen and oxygen atoms in total. The number of nitriles is 1. The van der Waals surface area contributed by atoms with Crippen LogP contribution in [0.3, 0.4) is 0 Å². The normalized spacial score (nSPS) is 19.8. The second-order valence-corrected chi connectivity index (χ2v) is 5.64. The van der Waals surface area contributed by atoms with Gasteiger partial charge < -0.3 is 4.90 Å². The minimum Gasteiger partial charge on any atom is -0.370 e. The third kappa shape index (κ3) is 3.04. The predicted octanol–water partition coefficient (Wildman–Crippen LogP) is 4.06. The molecule has 0 spiro atoms. The van der Waals surface area contributed by atoms with Crippen LogP contribution in [0.2, 0.25) is 0 Å². The molecule has 1 fully saturated rings. The first-order valence-electron chi connectivity index (χ1n) is 6.36. The van der Waals surface area contributed by atoms with E-state index in [0.717, 1.165) is 4.90 Å². The molecule has 1 atom stereocenters. The summed E-state index contributed by atoms with van der Waals surface area (Å²) in [5, 5.41) is 9.27. The molecule has 0 aromatic heterocycles. The maximum absolute atomic E-state index is 12.9. The largest absolute Gasteiger partial charge is 0.393 e. The molecular formula is C14H15F3N2S. The van der Waals surface area contributed by atoms with E-state index in [2.05, 4.69) is 6.07 Å². The maximum atomic E-state index is 12.9. The number of thioether (sulfide) groups is 1. The van der Waals surface area contributed by atoms with Crippen LogP contribution < -0.4 is 4.90 Å². The van der Waals surface area contributed by atoms with E-state index in [4.69, 9.17) is 0 Å². The van der Waals surface area contributed by atoms with Gasteiger partial charge in [-0.15, -0.1) is 11.8 Å². The van der Waals surface area contributed by atoms with E-state index in [1.165, 1.54) is 11.8 Å². The minimum absolute atomic E-state index is 0.0595. The van der Waals surface area contributed by atoms with Gasteiger partial charge in [0, 0.05) is 18.0 Å². The molecule has 1 aliphatic heterocycles. The molecule has 1 aliphatic rings. The van der Waals surface area contributed by atoms with Gasteiger partial charge in [-0.25, -0.2) is 0 Å². The molecule has 108 valence electrons. The number of alkyl halides is 3. The summed E-state index contributed by atoms with van der Waals surface area (Å²) in [6, 6.07) is 7.46. The lowest BCUT2D eigenvalue weighted by Gasteiger charge is -2.35. The number of halogens is 3. The van der Waals surface area contributed by atoms with Gasteiger partial charge in [-0.1, -0.05) is 6.07 Å². The van der Waals surface area contributed by atoms with Gasteiger partial charge in [0.2, 0.25) is 0 Å². The third-order valence-corrected chi connectivity index (χ3v) is 4.34. The molecule has 0 radical (unpaired) electrons. The summed E-state index contributed by atoms with van der Waals surface area (Å²) >= 11 is 1.43. The summed E-state index contributed by atoms with van der Waals surface area (Å²) < 4.78 is 38.6. The molecule has 0 N–H and O–H groups in total. The van der Waals surface area contributed by atoms with Crippen LogP contribution in [-0.4, -0.2) is 25.5 Å². The zero-order chi connectivity index (χ0) is 14.8. The van der Waals surface area contributed by atoms with E-state index in [-0.39, 0.29) is 13.0 Å². The minimum atomic E-state index is -4.16. The summed E-state index contributed by atoms with van der Waals surface area (Å²) in [5.41, 5.74) is 1.09. The van der Waals surface area contributed by atoms with Gasteiger partial charge >= 0.3 is 6.18 Å². The first-order valence-corrected chi connectivity index (χ1v) is 7.58. The highest BCUT2D eigenvalue weighted by Gasteiger charge is 2.42. The number of nitrogens with zero attached hydrogens (tertiary/aromatic N) is 2. The lowest BCUT2D eigenvalue weighted by Crippen LogP contribution is -2.42. The van der Waals surface area contributed by atoms with Crippen LogP contribution in [0.4, 0.5) is 18.9 Å². The molecule has 1 saturated heterocycles. The van der Waals surface area contributed by atoms with Crippen molar-refractivity contribution in [1.82, 2.24) is 0 Å². The fourth-order valence-electron chi connectivity index (χ4n) is 2.53. The highest BCUT2D eigenvalue weighted by atomic mass is 32.2. The Morgan fingerprint density at radius 3 is 2.75 bits per heavy atom. The van der Waals surface area contributed by atoms with Crippen LogP contribution in [0.5, 0.6) is 0 Å². The summed E-state index contributed by atoms with van der Waals surface area (Å²) in [4.78, 5) is 2.50. The Morgan fingerprint density at radius 2 is 2.15 bits per heavy atom. The van der Waals surface area contributed by atoms with Gasteiger partial charge in [-0.2, -0.15) is 18.4 Å². The molecule has 1 aromatic rings. The third-order valence-electron chi connectivity index (χ3n) is 3.56. The standard InChI is InChI=1S/C14H15F3N2S/c1-20-13-6-2-5-12(11(13)8-18)19-7-3-4-10(9-19)14(15,16)17/h2,5-6,10H,3-4,7,9H2,1H3. The first-order chi connectivity index (χ1) is 9.47. The van der Waals surface area contributed by atoms with Gasteiger partial charge in [0.1, 0.15) is 6.07 Å². The van der Waals surface area contributed by atoms with E-state index >= 15 is 0 Å². The lowest BCUT2D eigenvalue weighted by molar-refractivity contribution is -0.175. The van der Waals surface area contributed by atoms with Gasteiger partial charge in [0.15, 0.2) is 0 Å². The van der Waals surface area contributed by atoms with Crippen LogP contribution in [0.15, 0.2) is 23.1 Å². The zero-order valence-corrected chi connectivity index (χ0v) is 11.9. The fraction of sp³-hybridized carbons (Fsp3) is 0.500. The molecule has 1 heterocycles. The van der Waals surface area contributed by atoms with E-state index in [9.17, 15) is 18.4 Å². The number of rotatable bonds is 2. The van der Waals surface area contributed by atoms with Gasteiger partial charge in [0.05, 0.1) is 17.2 Å². The van der Waals surface area contributed by atoms with E-state index in [1.54, 1.807) is 17.0 Å². The molecule has 2 rings (SSSR count). The number of piperidine rings is 1. The van der Waals surface area contributed by atoms with Crippen LogP contribution in [0.25, 0.3) is 0 Å². The zero-order valence-electron chi connectivity index (χ0n) is 11.1. The van der Waals surface area contributed by atoms with Crippen molar-refractivity contribution < 1.29 is 13.2 Å². The van der Waals surface area contributed by atoms with Crippen molar-refractivity contribution in [3.8, 4) is 6.07 Å². The number of benzene rings is 1. The Kier molecular flexibility index (Phi) is 4.48. The average molecular weight is 300 g/mol.